The second kappa shape index (κ2) is 9.88. The number of nitrogens with zero attached hydrogens (tertiary/aromatic N) is 1. The Bertz CT molecular complexity index is 726. The van der Waals surface area contributed by atoms with Crippen molar-refractivity contribution in [3.05, 3.63) is 71.8 Å². The van der Waals surface area contributed by atoms with Gasteiger partial charge in [-0.25, -0.2) is 0 Å². The maximum atomic E-state index is 12.3. The molecule has 2 aromatic rings. The SMILES string of the molecule is O=C(Cc1ccccc1)NCC(=O)N1CCC(OCc2ccccc2)CC1. The summed E-state index contributed by atoms with van der Waals surface area (Å²) >= 11 is 0. The van der Waals surface area contributed by atoms with Gasteiger partial charge >= 0.3 is 0 Å². The van der Waals surface area contributed by atoms with Crippen LogP contribution in [-0.2, 0) is 27.4 Å². The smallest absolute Gasteiger partial charge is 0.241 e. The van der Waals surface area contributed by atoms with E-state index in [2.05, 4.69) is 17.4 Å². The molecule has 0 aromatic heterocycles. The summed E-state index contributed by atoms with van der Waals surface area (Å²) in [4.78, 5) is 26.1. The molecular weight excluding hydrogens is 340 g/mol. The van der Waals surface area contributed by atoms with E-state index in [1.54, 1.807) is 0 Å². The summed E-state index contributed by atoms with van der Waals surface area (Å²) in [7, 11) is 0. The van der Waals surface area contributed by atoms with Gasteiger partial charge in [0.15, 0.2) is 0 Å². The van der Waals surface area contributed by atoms with Crippen LogP contribution in [0.2, 0.25) is 0 Å². The Morgan fingerprint density at radius 3 is 2.15 bits per heavy atom. The fourth-order valence-electron chi connectivity index (χ4n) is 3.19. The van der Waals surface area contributed by atoms with E-state index in [0.29, 0.717) is 26.1 Å². The van der Waals surface area contributed by atoms with E-state index >= 15 is 0 Å². The standard InChI is InChI=1S/C22H26N2O3/c25-21(15-18-7-3-1-4-8-18)23-16-22(26)24-13-11-20(12-14-24)27-17-19-9-5-2-6-10-19/h1-10,20H,11-17H2,(H,23,25). The predicted octanol–water partition coefficient (Wildman–Crippen LogP) is 2.55. The summed E-state index contributed by atoms with van der Waals surface area (Å²) in [6.45, 7) is 2.01. The summed E-state index contributed by atoms with van der Waals surface area (Å²) in [5.41, 5.74) is 2.11. The fourth-order valence-corrected chi connectivity index (χ4v) is 3.19. The van der Waals surface area contributed by atoms with Crippen LogP contribution >= 0.6 is 0 Å². The van der Waals surface area contributed by atoms with Gasteiger partial charge in [-0.2, -0.15) is 0 Å². The van der Waals surface area contributed by atoms with Crippen LogP contribution in [0.15, 0.2) is 60.7 Å². The highest BCUT2D eigenvalue weighted by molar-refractivity contribution is 5.85. The van der Waals surface area contributed by atoms with Crippen molar-refractivity contribution in [2.75, 3.05) is 19.6 Å². The molecule has 0 saturated carbocycles. The molecule has 0 bridgehead atoms. The average Bonchev–Trinajstić information content (AvgIpc) is 2.72. The molecule has 2 amide bonds. The van der Waals surface area contributed by atoms with Crippen molar-refractivity contribution in [1.82, 2.24) is 10.2 Å². The minimum Gasteiger partial charge on any atom is -0.373 e. The molecule has 0 atom stereocenters. The normalized spacial score (nSPS) is 14.7. The van der Waals surface area contributed by atoms with Gasteiger partial charge < -0.3 is 15.0 Å². The van der Waals surface area contributed by atoms with Gasteiger partial charge in [-0.3, -0.25) is 9.59 Å². The first-order chi connectivity index (χ1) is 13.2. The molecule has 0 radical (unpaired) electrons. The highest BCUT2D eigenvalue weighted by atomic mass is 16.5. The van der Waals surface area contributed by atoms with Gasteiger partial charge in [-0.15, -0.1) is 0 Å². The first-order valence-electron chi connectivity index (χ1n) is 9.44. The molecule has 2 aromatic carbocycles. The number of ether oxygens (including phenoxy) is 1. The molecule has 1 N–H and O–H groups in total. The van der Waals surface area contributed by atoms with Crippen molar-refractivity contribution in [2.24, 2.45) is 0 Å². The second-order valence-electron chi connectivity index (χ2n) is 6.82. The topological polar surface area (TPSA) is 58.6 Å². The maximum absolute atomic E-state index is 12.3. The molecule has 1 aliphatic heterocycles. The number of hydrogen-bond acceptors (Lipinski definition) is 3. The van der Waals surface area contributed by atoms with E-state index in [1.807, 2.05) is 53.4 Å². The Balaban J connectivity index is 1.34. The van der Waals surface area contributed by atoms with Gasteiger partial charge in [-0.1, -0.05) is 60.7 Å². The Kier molecular flexibility index (Phi) is 6.99. The van der Waals surface area contributed by atoms with E-state index in [1.165, 1.54) is 0 Å². The number of likely N-dealkylation sites (tertiary alicyclic amines) is 1. The monoisotopic (exact) mass is 366 g/mol. The summed E-state index contributed by atoms with van der Waals surface area (Å²) < 4.78 is 5.95. The lowest BCUT2D eigenvalue weighted by atomic mass is 10.1. The summed E-state index contributed by atoms with van der Waals surface area (Å²) in [6, 6.07) is 19.6. The van der Waals surface area contributed by atoms with E-state index < -0.39 is 0 Å². The maximum Gasteiger partial charge on any atom is 0.241 e. The average molecular weight is 366 g/mol. The largest absolute Gasteiger partial charge is 0.373 e. The van der Waals surface area contributed by atoms with Gasteiger partial charge in [-0.05, 0) is 24.0 Å². The van der Waals surface area contributed by atoms with Crippen LogP contribution in [0.5, 0.6) is 0 Å². The van der Waals surface area contributed by atoms with Gasteiger partial charge in [0.1, 0.15) is 0 Å². The lowest BCUT2D eigenvalue weighted by Crippen LogP contribution is -2.45. The predicted molar refractivity (Wildman–Crippen MR) is 104 cm³/mol. The van der Waals surface area contributed by atoms with Crippen molar-refractivity contribution in [3.63, 3.8) is 0 Å². The Morgan fingerprint density at radius 2 is 1.52 bits per heavy atom. The van der Waals surface area contributed by atoms with Crippen molar-refractivity contribution in [1.29, 1.82) is 0 Å². The zero-order chi connectivity index (χ0) is 18.9. The lowest BCUT2D eigenvalue weighted by Gasteiger charge is -2.32. The van der Waals surface area contributed by atoms with E-state index in [9.17, 15) is 9.59 Å². The zero-order valence-corrected chi connectivity index (χ0v) is 15.5. The number of nitrogens with one attached hydrogen (secondary N) is 1. The molecule has 5 nitrogen and oxygen atoms in total. The van der Waals surface area contributed by atoms with Crippen LogP contribution < -0.4 is 5.32 Å². The van der Waals surface area contributed by atoms with Crippen LogP contribution in [-0.4, -0.2) is 42.5 Å². The van der Waals surface area contributed by atoms with E-state index in [0.717, 1.165) is 24.0 Å². The number of benzene rings is 2. The number of carbonyl (C=O) groups is 2. The molecule has 27 heavy (non-hydrogen) atoms. The zero-order valence-electron chi connectivity index (χ0n) is 15.5. The Hall–Kier alpha value is -2.66. The first-order valence-corrected chi connectivity index (χ1v) is 9.44. The van der Waals surface area contributed by atoms with Crippen molar-refractivity contribution in [2.45, 2.75) is 32.0 Å². The molecular formula is C22H26N2O3. The van der Waals surface area contributed by atoms with E-state index in [-0.39, 0.29) is 24.5 Å². The Morgan fingerprint density at radius 1 is 0.926 bits per heavy atom. The molecule has 1 saturated heterocycles. The third-order valence-electron chi connectivity index (χ3n) is 4.77. The lowest BCUT2D eigenvalue weighted by molar-refractivity contribution is -0.135. The number of amides is 2. The van der Waals surface area contributed by atoms with Gasteiger partial charge in [0, 0.05) is 13.1 Å². The molecule has 0 aliphatic carbocycles. The van der Waals surface area contributed by atoms with Crippen LogP contribution in [0, 0.1) is 0 Å². The highest BCUT2D eigenvalue weighted by Gasteiger charge is 2.23. The minimum atomic E-state index is -0.129. The summed E-state index contributed by atoms with van der Waals surface area (Å²) in [5.74, 6) is -0.159. The van der Waals surface area contributed by atoms with Crippen molar-refractivity contribution in [3.8, 4) is 0 Å². The molecule has 1 fully saturated rings. The van der Waals surface area contributed by atoms with Crippen LogP contribution in [0.4, 0.5) is 0 Å². The van der Waals surface area contributed by atoms with Gasteiger partial charge in [0.25, 0.3) is 0 Å². The second-order valence-corrected chi connectivity index (χ2v) is 6.82. The molecule has 142 valence electrons. The number of hydrogen-bond donors (Lipinski definition) is 1. The molecule has 1 aliphatic rings. The number of piperidine rings is 1. The first kappa shape index (κ1) is 19.1. The van der Waals surface area contributed by atoms with Crippen molar-refractivity contribution >= 4 is 11.8 Å². The van der Waals surface area contributed by atoms with Crippen molar-refractivity contribution < 1.29 is 14.3 Å². The van der Waals surface area contributed by atoms with Crippen LogP contribution in [0.25, 0.3) is 0 Å². The molecule has 3 rings (SSSR count). The molecule has 0 unspecified atom stereocenters. The molecule has 0 spiro atoms. The number of carbonyl (C=O) groups excluding carboxylic acids is 2. The molecule has 1 heterocycles. The third-order valence-corrected chi connectivity index (χ3v) is 4.77. The Labute approximate surface area is 160 Å². The van der Waals surface area contributed by atoms with E-state index in [4.69, 9.17) is 4.74 Å². The fraction of sp³-hybridized carbons (Fsp3) is 0.364. The van der Waals surface area contributed by atoms with Gasteiger partial charge in [0.05, 0.1) is 25.7 Å². The van der Waals surface area contributed by atoms with Crippen LogP contribution in [0.1, 0.15) is 24.0 Å². The summed E-state index contributed by atoms with van der Waals surface area (Å²) in [5, 5.41) is 2.72. The van der Waals surface area contributed by atoms with Crippen LogP contribution in [0.3, 0.4) is 0 Å². The third kappa shape index (κ3) is 6.22. The summed E-state index contributed by atoms with van der Waals surface area (Å²) in [6.07, 6.45) is 2.14. The van der Waals surface area contributed by atoms with Gasteiger partial charge in [0.2, 0.25) is 11.8 Å². The highest BCUT2D eigenvalue weighted by Crippen LogP contribution is 2.15. The minimum absolute atomic E-state index is 0.0297. The number of rotatable bonds is 7. The quantitative estimate of drug-likeness (QED) is 0.819. The molecule has 5 heteroatoms.